The topological polar surface area (TPSA) is 69.6 Å². The Labute approximate surface area is 196 Å². The van der Waals surface area contributed by atoms with Gasteiger partial charge in [0.15, 0.2) is 5.16 Å². The molecule has 1 saturated carbocycles. The Morgan fingerprint density at radius 2 is 1.97 bits per heavy atom. The van der Waals surface area contributed by atoms with Gasteiger partial charge in [-0.1, -0.05) is 54.8 Å². The maximum absolute atomic E-state index is 6.04. The molecule has 0 amide bonds. The summed E-state index contributed by atoms with van der Waals surface area (Å²) in [6.45, 7) is 4.15. The lowest BCUT2D eigenvalue weighted by atomic mass is 9.95. The van der Waals surface area contributed by atoms with Gasteiger partial charge in [0.2, 0.25) is 11.8 Å². The summed E-state index contributed by atoms with van der Waals surface area (Å²) in [5.74, 6) is 2.23. The predicted molar refractivity (Wildman–Crippen MR) is 128 cm³/mol. The molecule has 0 bridgehead atoms. The number of benzene rings is 1. The first-order valence-electron chi connectivity index (χ1n) is 11.2. The van der Waals surface area contributed by atoms with E-state index in [1.807, 2.05) is 12.1 Å². The normalized spacial score (nSPS) is 15.8. The SMILES string of the molecule is Cc1cccc(-c2nnc([C@H](C)Sc3nnc(Cc4cccs4)n3C3CCCCC3)o2)c1. The molecule has 0 N–H and O–H groups in total. The average molecular weight is 466 g/mol. The molecule has 5 rings (SSSR count). The summed E-state index contributed by atoms with van der Waals surface area (Å²) >= 11 is 3.43. The lowest BCUT2D eigenvalue weighted by Crippen LogP contribution is -2.17. The van der Waals surface area contributed by atoms with Crippen molar-refractivity contribution < 1.29 is 4.42 Å². The number of thiophene rings is 1. The largest absolute Gasteiger partial charge is 0.419 e. The first-order chi connectivity index (χ1) is 15.7. The first kappa shape index (κ1) is 21.4. The van der Waals surface area contributed by atoms with Gasteiger partial charge < -0.3 is 8.98 Å². The molecule has 0 radical (unpaired) electrons. The first-order valence-corrected chi connectivity index (χ1v) is 13.0. The maximum atomic E-state index is 6.04. The van der Waals surface area contributed by atoms with Crippen molar-refractivity contribution in [2.24, 2.45) is 0 Å². The van der Waals surface area contributed by atoms with Gasteiger partial charge in [0.25, 0.3) is 0 Å². The molecular formula is C24H27N5OS2. The number of aromatic nitrogens is 5. The number of rotatable bonds is 7. The van der Waals surface area contributed by atoms with E-state index in [0.717, 1.165) is 23.0 Å². The van der Waals surface area contributed by atoms with Crippen LogP contribution in [0.15, 0.2) is 51.4 Å². The molecule has 0 unspecified atom stereocenters. The van der Waals surface area contributed by atoms with Gasteiger partial charge in [0.05, 0.1) is 5.25 Å². The summed E-state index contributed by atoms with van der Waals surface area (Å²) < 4.78 is 8.42. The molecule has 3 aromatic heterocycles. The van der Waals surface area contributed by atoms with Crippen LogP contribution in [0.1, 0.15) is 72.5 Å². The molecule has 32 heavy (non-hydrogen) atoms. The third-order valence-electron chi connectivity index (χ3n) is 5.92. The standard InChI is InChI=1S/C24H27N5OS2/c1-16-8-6-9-18(14-16)23-27-26-22(30-23)17(2)32-24-28-25-21(15-20-12-7-13-31-20)29(24)19-10-4-3-5-11-19/h6-9,12-14,17,19H,3-5,10-11,15H2,1-2H3/t17-/m0/s1. The predicted octanol–water partition coefficient (Wildman–Crippen LogP) is 6.65. The second kappa shape index (κ2) is 9.58. The quantitative estimate of drug-likeness (QED) is 0.285. The molecule has 4 aromatic rings. The minimum absolute atomic E-state index is 0.0119. The highest BCUT2D eigenvalue weighted by Crippen LogP contribution is 2.39. The van der Waals surface area contributed by atoms with Crippen molar-refractivity contribution in [3.8, 4) is 11.5 Å². The Bertz CT molecular complexity index is 1160. The Hall–Kier alpha value is -2.45. The second-order valence-electron chi connectivity index (χ2n) is 8.39. The van der Waals surface area contributed by atoms with Gasteiger partial charge in [-0.05, 0) is 50.3 Å². The van der Waals surface area contributed by atoms with Crippen molar-refractivity contribution in [2.75, 3.05) is 0 Å². The molecule has 1 aromatic carbocycles. The van der Waals surface area contributed by atoms with Crippen molar-refractivity contribution in [1.82, 2.24) is 25.0 Å². The van der Waals surface area contributed by atoms with Gasteiger partial charge in [-0.2, -0.15) is 0 Å². The molecule has 1 fully saturated rings. The minimum Gasteiger partial charge on any atom is -0.419 e. The van der Waals surface area contributed by atoms with Crippen LogP contribution in [-0.4, -0.2) is 25.0 Å². The Kier molecular flexibility index (Phi) is 6.41. The number of hydrogen-bond acceptors (Lipinski definition) is 7. The van der Waals surface area contributed by atoms with E-state index in [-0.39, 0.29) is 5.25 Å². The number of hydrogen-bond donors (Lipinski definition) is 0. The highest BCUT2D eigenvalue weighted by molar-refractivity contribution is 7.99. The zero-order chi connectivity index (χ0) is 21.9. The monoisotopic (exact) mass is 465 g/mol. The molecule has 0 aliphatic heterocycles. The summed E-state index contributed by atoms with van der Waals surface area (Å²) in [5.41, 5.74) is 2.12. The van der Waals surface area contributed by atoms with E-state index < -0.39 is 0 Å². The van der Waals surface area contributed by atoms with Gasteiger partial charge in [0.1, 0.15) is 5.82 Å². The van der Waals surface area contributed by atoms with Crippen LogP contribution in [0.2, 0.25) is 0 Å². The molecule has 1 aliphatic carbocycles. The zero-order valence-electron chi connectivity index (χ0n) is 18.4. The molecular weight excluding hydrogens is 438 g/mol. The van der Waals surface area contributed by atoms with E-state index in [0.29, 0.717) is 17.8 Å². The summed E-state index contributed by atoms with van der Waals surface area (Å²) in [4.78, 5) is 1.32. The van der Waals surface area contributed by atoms with Crippen LogP contribution in [0.5, 0.6) is 0 Å². The number of aryl methyl sites for hydroxylation is 1. The van der Waals surface area contributed by atoms with Crippen molar-refractivity contribution in [3.63, 3.8) is 0 Å². The molecule has 1 aliphatic rings. The van der Waals surface area contributed by atoms with Gasteiger partial charge in [-0.3, -0.25) is 0 Å². The van der Waals surface area contributed by atoms with Crippen molar-refractivity contribution in [3.05, 3.63) is 63.9 Å². The second-order valence-corrected chi connectivity index (χ2v) is 10.7. The number of thioether (sulfide) groups is 1. The van der Waals surface area contributed by atoms with Gasteiger partial charge >= 0.3 is 0 Å². The van der Waals surface area contributed by atoms with E-state index >= 15 is 0 Å². The molecule has 8 heteroatoms. The minimum atomic E-state index is -0.0119. The van der Waals surface area contributed by atoms with E-state index in [1.54, 1.807) is 23.1 Å². The average Bonchev–Trinajstić information content (AvgIpc) is 3.56. The molecule has 0 spiro atoms. The van der Waals surface area contributed by atoms with Crippen LogP contribution >= 0.6 is 23.1 Å². The molecule has 166 valence electrons. The van der Waals surface area contributed by atoms with Crippen LogP contribution in [0.25, 0.3) is 11.5 Å². The Morgan fingerprint density at radius 1 is 1.09 bits per heavy atom. The lowest BCUT2D eigenvalue weighted by molar-refractivity contribution is 0.330. The van der Waals surface area contributed by atoms with E-state index in [2.05, 4.69) is 68.5 Å². The molecule has 6 nitrogen and oxygen atoms in total. The summed E-state index contributed by atoms with van der Waals surface area (Å²) in [5, 5.41) is 20.9. The van der Waals surface area contributed by atoms with Gasteiger partial charge in [-0.15, -0.1) is 31.7 Å². The van der Waals surface area contributed by atoms with Gasteiger partial charge in [-0.25, -0.2) is 0 Å². The fraction of sp³-hybridized carbons (Fsp3) is 0.417. The highest BCUT2D eigenvalue weighted by Gasteiger charge is 2.26. The number of nitrogens with zero attached hydrogens (tertiary/aromatic N) is 5. The Balaban J connectivity index is 1.39. The summed E-state index contributed by atoms with van der Waals surface area (Å²) in [6, 6.07) is 12.9. The van der Waals surface area contributed by atoms with E-state index in [9.17, 15) is 0 Å². The van der Waals surface area contributed by atoms with Crippen LogP contribution in [0.4, 0.5) is 0 Å². The van der Waals surface area contributed by atoms with Crippen LogP contribution in [0, 0.1) is 6.92 Å². The Morgan fingerprint density at radius 3 is 2.75 bits per heavy atom. The third kappa shape index (κ3) is 4.66. The van der Waals surface area contributed by atoms with Crippen LogP contribution in [-0.2, 0) is 6.42 Å². The van der Waals surface area contributed by atoms with E-state index in [4.69, 9.17) is 4.42 Å². The van der Waals surface area contributed by atoms with Crippen molar-refractivity contribution >= 4 is 23.1 Å². The van der Waals surface area contributed by atoms with Crippen molar-refractivity contribution in [1.29, 1.82) is 0 Å². The highest BCUT2D eigenvalue weighted by atomic mass is 32.2. The summed E-state index contributed by atoms with van der Waals surface area (Å²) in [7, 11) is 0. The molecule has 0 saturated heterocycles. The molecule has 1 atom stereocenters. The third-order valence-corrected chi connectivity index (χ3v) is 7.84. The fourth-order valence-electron chi connectivity index (χ4n) is 4.29. The van der Waals surface area contributed by atoms with Crippen molar-refractivity contribution in [2.45, 2.75) is 68.8 Å². The zero-order valence-corrected chi connectivity index (χ0v) is 20.0. The lowest BCUT2D eigenvalue weighted by Gasteiger charge is -2.26. The fourth-order valence-corrected chi connectivity index (χ4v) is 5.96. The molecule has 3 heterocycles. The van der Waals surface area contributed by atoms with Gasteiger partial charge in [0, 0.05) is 22.9 Å². The van der Waals surface area contributed by atoms with Crippen LogP contribution in [0.3, 0.4) is 0 Å². The smallest absolute Gasteiger partial charge is 0.247 e. The summed E-state index contributed by atoms with van der Waals surface area (Å²) in [6.07, 6.45) is 7.07. The maximum Gasteiger partial charge on any atom is 0.247 e. The van der Waals surface area contributed by atoms with E-state index in [1.165, 1.54) is 42.5 Å². The van der Waals surface area contributed by atoms with Crippen LogP contribution < -0.4 is 0 Å².